The molecule has 0 radical (unpaired) electrons. The van der Waals surface area contributed by atoms with Crippen LogP contribution in [0.1, 0.15) is 0 Å². The van der Waals surface area contributed by atoms with E-state index in [0.717, 1.165) is 65.3 Å². The molecule has 6 nitrogen and oxygen atoms in total. The molecule has 27 heavy (non-hydrogen) atoms. The largest absolute Gasteiger partial charge is 0.361 e. The van der Waals surface area contributed by atoms with Crippen LogP contribution in [-0.4, -0.2) is 46.3 Å². The fourth-order valence-corrected chi connectivity index (χ4v) is 3.67. The number of nitrogens with zero attached hydrogens (tertiary/aromatic N) is 4. The van der Waals surface area contributed by atoms with E-state index in [1.54, 1.807) is 0 Å². The Morgan fingerprint density at radius 2 is 1.74 bits per heavy atom. The molecule has 0 aliphatic carbocycles. The summed E-state index contributed by atoms with van der Waals surface area (Å²) in [7, 11) is 0. The Kier molecular flexibility index (Phi) is 4.03. The average molecular weight is 356 g/mol. The van der Waals surface area contributed by atoms with Crippen molar-refractivity contribution in [2.75, 3.05) is 31.1 Å². The number of nitrogens with one attached hydrogen (secondary N) is 2. The first-order chi connectivity index (χ1) is 13.4. The molecule has 1 aromatic carbocycles. The summed E-state index contributed by atoms with van der Waals surface area (Å²) in [5.74, 6) is 0.924. The van der Waals surface area contributed by atoms with E-state index in [1.807, 2.05) is 30.7 Å². The lowest BCUT2D eigenvalue weighted by molar-refractivity contribution is 0.583. The van der Waals surface area contributed by atoms with Crippen molar-refractivity contribution in [3.63, 3.8) is 0 Å². The minimum absolute atomic E-state index is 0.894. The van der Waals surface area contributed by atoms with Crippen molar-refractivity contribution in [2.24, 2.45) is 0 Å². The van der Waals surface area contributed by atoms with E-state index in [0.29, 0.717) is 0 Å². The van der Waals surface area contributed by atoms with Crippen LogP contribution in [-0.2, 0) is 0 Å². The molecule has 1 aliphatic heterocycles. The van der Waals surface area contributed by atoms with E-state index in [1.165, 1.54) is 0 Å². The first-order valence-corrected chi connectivity index (χ1v) is 9.20. The van der Waals surface area contributed by atoms with E-state index in [9.17, 15) is 0 Å². The molecule has 0 atom stereocenters. The number of anilines is 1. The molecule has 4 aromatic rings. The molecule has 2 N–H and O–H groups in total. The van der Waals surface area contributed by atoms with Crippen LogP contribution in [0.5, 0.6) is 0 Å². The molecule has 4 heterocycles. The summed E-state index contributed by atoms with van der Waals surface area (Å²) in [6.45, 7) is 3.82. The lowest BCUT2D eigenvalue weighted by atomic mass is 9.98. The molecule has 0 bridgehead atoms. The van der Waals surface area contributed by atoms with Crippen LogP contribution in [0.15, 0.2) is 61.1 Å². The zero-order valence-electron chi connectivity index (χ0n) is 14.9. The highest BCUT2D eigenvalue weighted by Gasteiger charge is 2.18. The van der Waals surface area contributed by atoms with Crippen LogP contribution >= 0.6 is 0 Å². The summed E-state index contributed by atoms with van der Waals surface area (Å²) in [4.78, 5) is 9.73. The third-order valence-electron chi connectivity index (χ3n) is 5.06. The highest BCUT2D eigenvalue weighted by Crippen LogP contribution is 2.35. The van der Waals surface area contributed by atoms with Gasteiger partial charge in [-0.25, -0.2) is 0 Å². The van der Waals surface area contributed by atoms with Gasteiger partial charge in [-0.2, -0.15) is 0 Å². The van der Waals surface area contributed by atoms with Crippen molar-refractivity contribution in [2.45, 2.75) is 0 Å². The average Bonchev–Trinajstić information content (AvgIpc) is 3.24. The lowest BCUT2D eigenvalue weighted by Crippen LogP contribution is -2.44. The van der Waals surface area contributed by atoms with Crippen molar-refractivity contribution < 1.29 is 0 Å². The predicted molar refractivity (Wildman–Crippen MR) is 108 cm³/mol. The van der Waals surface area contributed by atoms with Crippen LogP contribution in [0.2, 0.25) is 0 Å². The Hall–Kier alpha value is -3.25. The molecular weight excluding hydrogens is 336 g/mol. The number of rotatable bonds is 3. The maximum Gasteiger partial charge on any atom is 0.151 e. The summed E-state index contributed by atoms with van der Waals surface area (Å²) in [6.07, 6.45) is 5.60. The second kappa shape index (κ2) is 6.81. The number of hydrogen-bond donors (Lipinski definition) is 2. The second-order valence-electron chi connectivity index (χ2n) is 6.68. The van der Waals surface area contributed by atoms with E-state index >= 15 is 0 Å². The monoisotopic (exact) mass is 356 g/mol. The Bertz CT molecular complexity index is 1070. The second-order valence-corrected chi connectivity index (χ2v) is 6.68. The van der Waals surface area contributed by atoms with E-state index in [2.05, 4.69) is 60.7 Å². The van der Waals surface area contributed by atoms with Crippen molar-refractivity contribution in [3.8, 4) is 22.4 Å². The number of hydrogen-bond acceptors (Lipinski definition) is 5. The predicted octanol–water partition coefficient (Wildman–Crippen LogP) is 3.10. The highest BCUT2D eigenvalue weighted by atomic mass is 15.3. The Labute approximate surface area is 157 Å². The van der Waals surface area contributed by atoms with Crippen LogP contribution in [0.25, 0.3) is 33.3 Å². The summed E-state index contributed by atoms with van der Waals surface area (Å²) >= 11 is 0. The fourth-order valence-electron chi connectivity index (χ4n) is 3.67. The van der Waals surface area contributed by atoms with Gasteiger partial charge < -0.3 is 15.2 Å². The van der Waals surface area contributed by atoms with Crippen molar-refractivity contribution in [1.29, 1.82) is 0 Å². The molecule has 0 spiro atoms. The number of benzene rings is 1. The maximum absolute atomic E-state index is 4.68. The fraction of sp³-hybridized carbons (Fsp3) is 0.190. The topological polar surface area (TPSA) is 69.7 Å². The van der Waals surface area contributed by atoms with E-state index in [4.69, 9.17) is 0 Å². The van der Waals surface area contributed by atoms with E-state index < -0.39 is 0 Å². The van der Waals surface area contributed by atoms with Gasteiger partial charge in [0.15, 0.2) is 5.82 Å². The molecule has 3 aromatic heterocycles. The first-order valence-electron chi connectivity index (χ1n) is 9.20. The van der Waals surface area contributed by atoms with Gasteiger partial charge in [-0.05, 0) is 35.9 Å². The quantitative estimate of drug-likeness (QED) is 0.590. The highest BCUT2D eigenvalue weighted by molar-refractivity contribution is 5.98. The number of H-pyrrole nitrogens is 1. The molecule has 0 amide bonds. The molecule has 1 aliphatic rings. The normalized spacial score (nSPS) is 14.6. The van der Waals surface area contributed by atoms with Gasteiger partial charge in [-0.1, -0.05) is 12.1 Å². The zero-order valence-corrected chi connectivity index (χ0v) is 14.9. The molecule has 6 heteroatoms. The smallest absolute Gasteiger partial charge is 0.151 e. The van der Waals surface area contributed by atoms with Crippen molar-refractivity contribution in [1.82, 2.24) is 25.5 Å². The van der Waals surface area contributed by atoms with Crippen molar-refractivity contribution >= 4 is 16.7 Å². The summed E-state index contributed by atoms with van der Waals surface area (Å²) < 4.78 is 0. The third kappa shape index (κ3) is 2.94. The lowest BCUT2D eigenvalue weighted by Gasteiger charge is -2.28. The summed E-state index contributed by atoms with van der Waals surface area (Å²) in [5.41, 5.74) is 5.25. The van der Waals surface area contributed by atoms with Gasteiger partial charge in [0.05, 0.1) is 0 Å². The third-order valence-corrected chi connectivity index (χ3v) is 5.06. The standard InChI is InChI=1S/C21H20N6/c1-2-17(16-6-9-24-19(16)3-1)21-18(15-4-7-22-8-5-15)14-20(25-26-21)27-12-10-23-11-13-27/h1-9,14,23-24H,10-13H2. The van der Waals surface area contributed by atoms with Crippen LogP contribution in [0.4, 0.5) is 5.82 Å². The molecule has 1 saturated heterocycles. The van der Waals surface area contributed by atoms with Gasteiger partial charge in [0.1, 0.15) is 5.69 Å². The Balaban J connectivity index is 1.69. The van der Waals surface area contributed by atoms with Crippen molar-refractivity contribution in [3.05, 3.63) is 61.1 Å². The molecule has 134 valence electrons. The molecule has 0 saturated carbocycles. The van der Waals surface area contributed by atoms with Crippen LogP contribution in [0.3, 0.4) is 0 Å². The molecule has 1 fully saturated rings. The molecule has 5 rings (SSSR count). The Morgan fingerprint density at radius 3 is 2.59 bits per heavy atom. The summed E-state index contributed by atoms with van der Waals surface area (Å²) in [6, 6.07) is 14.5. The van der Waals surface area contributed by atoms with Crippen LogP contribution < -0.4 is 10.2 Å². The Morgan fingerprint density at radius 1 is 0.889 bits per heavy atom. The minimum Gasteiger partial charge on any atom is -0.361 e. The maximum atomic E-state index is 4.68. The molecular formula is C21H20N6. The summed E-state index contributed by atoms with van der Waals surface area (Å²) in [5, 5.41) is 13.8. The number of pyridine rings is 1. The number of piperazine rings is 1. The zero-order chi connectivity index (χ0) is 18.1. The SMILES string of the molecule is c1cc(-c2nnc(N3CCNCC3)cc2-c2ccncc2)c2cc[nH]c2c1. The van der Waals surface area contributed by atoms with Gasteiger partial charge in [-0.15, -0.1) is 10.2 Å². The first kappa shape index (κ1) is 16.0. The van der Waals surface area contributed by atoms with Gasteiger partial charge in [0.2, 0.25) is 0 Å². The number of aromatic amines is 1. The number of fused-ring (bicyclic) bond motifs is 1. The van der Waals surface area contributed by atoms with Gasteiger partial charge in [0.25, 0.3) is 0 Å². The van der Waals surface area contributed by atoms with Gasteiger partial charge in [0, 0.05) is 66.8 Å². The van der Waals surface area contributed by atoms with Gasteiger partial charge >= 0.3 is 0 Å². The molecule has 0 unspecified atom stereocenters. The minimum atomic E-state index is 0.894. The van der Waals surface area contributed by atoms with Gasteiger partial charge in [-0.3, -0.25) is 4.98 Å². The number of aromatic nitrogens is 4. The van der Waals surface area contributed by atoms with E-state index in [-0.39, 0.29) is 0 Å². The van der Waals surface area contributed by atoms with Crippen LogP contribution in [0, 0.1) is 0 Å².